The van der Waals surface area contributed by atoms with Crippen LogP contribution in [0.1, 0.15) is 17.2 Å². The Labute approximate surface area is 83.3 Å². The lowest BCUT2D eigenvalue weighted by atomic mass is 9.85. The lowest BCUT2D eigenvalue weighted by Gasteiger charge is -2.29. The zero-order chi connectivity index (χ0) is 9.97. The Bertz CT molecular complexity index is 322. The van der Waals surface area contributed by atoms with E-state index in [9.17, 15) is 0 Å². The van der Waals surface area contributed by atoms with E-state index in [4.69, 9.17) is 14.6 Å². The molecule has 1 atom stereocenters. The molecule has 0 saturated carbocycles. The van der Waals surface area contributed by atoms with E-state index >= 15 is 0 Å². The van der Waals surface area contributed by atoms with Crippen LogP contribution in [-0.4, -0.2) is 25.4 Å². The molecule has 0 bridgehead atoms. The molecule has 0 saturated heterocycles. The van der Waals surface area contributed by atoms with Gasteiger partial charge in [0.1, 0.15) is 12.4 Å². The van der Waals surface area contributed by atoms with Crippen LogP contribution in [0.3, 0.4) is 0 Å². The summed E-state index contributed by atoms with van der Waals surface area (Å²) in [5.74, 6) is 0.826. The van der Waals surface area contributed by atoms with Crippen LogP contribution in [0.25, 0.3) is 0 Å². The maximum Gasteiger partial charge on any atom is 0.119 e. The fourth-order valence-electron chi connectivity index (χ4n) is 1.72. The molecule has 0 fully saturated rings. The molecule has 3 heteroatoms. The Kier molecular flexibility index (Phi) is 2.70. The van der Waals surface area contributed by atoms with Crippen molar-refractivity contribution < 1.29 is 14.6 Å². The van der Waals surface area contributed by atoms with Gasteiger partial charge in [0.15, 0.2) is 0 Å². The number of aliphatic hydroxyl groups excluding tert-OH is 1. The Hall–Kier alpha value is -1.06. The van der Waals surface area contributed by atoms with E-state index < -0.39 is 0 Å². The zero-order valence-electron chi connectivity index (χ0n) is 8.19. The smallest absolute Gasteiger partial charge is 0.119 e. The van der Waals surface area contributed by atoms with E-state index in [0.717, 1.165) is 12.2 Å². The van der Waals surface area contributed by atoms with Crippen LogP contribution in [0.15, 0.2) is 18.2 Å². The lowest BCUT2D eigenvalue weighted by Crippen LogP contribution is -2.18. The van der Waals surface area contributed by atoms with Gasteiger partial charge in [0.25, 0.3) is 0 Å². The standard InChI is InChI=1S/C11H14O3/c1-13-11-7-8-6-9(14-5-4-12)2-3-10(8)11/h2-3,6,11-12H,4-5,7H2,1H3. The third-order valence-electron chi connectivity index (χ3n) is 2.51. The van der Waals surface area contributed by atoms with E-state index in [0.29, 0.717) is 6.61 Å². The van der Waals surface area contributed by atoms with Crippen molar-refractivity contribution in [1.29, 1.82) is 0 Å². The zero-order valence-corrected chi connectivity index (χ0v) is 8.19. The van der Waals surface area contributed by atoms with Gasteiger partial charge < -0.3 is 14.6 Å². The second-order valence-electron chi connectivity index (χ2n) is 3.36. The second kappa shape index (κ2) is 3.98. The maximum absolute atomic E-state index is 8.60. The number of rotatable bonds is 4. The van der Waals surface area contributed by atoms with Gasteiger partial charge in [-0.1, -0.05) is 6.07 Å². The Morgan fingerprint density at radius 3 is 3.00 bits per heavy atom. The van der Waals surface area contributed by atoms with Gasteiger partial charge in [0.05, 0.1) is 12.7 Å². The Balaban J connectivity index is 2.06. The summed E-state index contributed by atoms with van der Waals surface area (Å²) >= 11 is 0. The van der Waals surface area contributed by atoms with Gasteiger partial charge in [-0.2, -0.15) is 0 Å². The molecule has 1 aliphatic rings. The van der Waals surface area contributed by atoms with Crippen LogP contribution in [0.5, 0.6) is 5.75 Å². The van der Waals surface area contributed by atoms with Gasteiger partial charge in [-0.3, -0.25) is 0 Å². The largest absolute Gasteiger partial charge is 0.491 e. The quantitative estimate of drug-likeness (QED) is 0.785. The van der Waals surface area contributed by atoms with Crippen molar-refractivity contribution in [3.05, 3.63) is 29.3 Å². The molecule has 2 rings (SSSR count). The number of methoxy groups -OCH3 is 1. The van der Waals surface area contributed by atoms with Gasteiger partial charge >= 0.3 is 0 Å². The molecule has 0 heterocycles. The molecule has 0 aromatic heterocycles. The molecule has 0 aliphatic heterocycles. The Morgan fingerprint density at radius 1 is 1.50 bits per heavy atom. The predicted octanol–water partition coefficient (Wildman–Crippen LogP) is 1.30. The summed E-state index contributed by atoms with van der Waals surface area (Å²) in [7, 11) is 1.73. The predicted molar refractivity (Wildman–Crippen MR) is 52.5 cm³/mol. The van der Waals surface area contributed by atoms with Crippen LogP contribution in [0.2, 0.25) is 0 Å². The Morgan fingerprint density at radius 2 is 2.36 bits per heavy atom. The van der Waals surface area contributed by atoms with E-state index in [2.05, 4.69) is 0 Å². The number of aliphatic hydroxyl groups is 1. The fourth-order valence-corrected chi connectivity index (χ4v) is 1.72. The average molecular weight is 194 g/mol. The number of hydrogen-bond acceptors (Lipinski definition) is 3. The SMILES string of the molecule is COC1Cc2cc(OCCO)ccc21. The molecule has 1 aromatic carbocycles. The summed E-state index contributed by atoms with van der Waals surface area (Å²) in [4.78, 5) is 0. The minimum absolute atomic E-state index is 0.0534. The van der Waals surface area contributed by atoms with E-state index in [1.165, 1.54) is 11.1 Å². The highest BCUT2D eigenvalue weighted by Gasteiger charge is 2.25. The number of hydrogen-bond donors (Lipinski definition) is 1. The summed E-state index contributed by atoms with van der Waals surface area (Å²) in [5, 5.41) is 8.60. The third kappa shape index (κ3) is 1.61. The van der Waals surface area contributed by atoms with Crippen LogP contribution in [0.4, 0.5) is 0 Å². The number of ether oxygens (including phenoxy) is 2. The highest BCUT2D eigenvalue weighted by Crippen LogP contribution is 2.37. The first-order chi connectivity index (χ1) is 6.85. The lowest BCUT2D eigenvalue weighted by molar-refractivity contribution is 0.0841. The van der Waals surface area contributed by atoms with Crippen LogP contribution < -0.4 is 4.74 Å². The van der Waals surface area contributed by atoms with Crippen molar-refractivity contribution >= 4 is 0 Å². The minimum atomic E-state index is 0.0534. The van der Waals surface area contributed by atoms with Crippen molar-refractivity contribution in [2.75, 3.05) is 20.3 Å². The molecule has 0 spiro atoms. The molecule has 76 valence electrons. The van der Waals surface area contributed by atoms with Gasteiger partial charge in [-0.05, 0) is 23.3 Å². The average Bonchev–Trinajstić information content (AvgIpc) is 2.18. The first kappa shape index (κ1) is 9.49. The first-order valence-electron chi connectivity index (χ1n) is 4.74. The summed E-state index contributed by atoms with van der Waals surface area (Å²) < 4.78 is 10.6. The van der Waals surface area contributed by atoms with Crippen LogP contribution in [-0.2, 0) is 11.2 Å². The minimum Gasteiger partial charge on any atom is -0.491 e. The van der Waals surface area contributed by atoms with Gasteiger partial charge in [-0.25, -0.2) is 0 Å². The van der Waals surface area contributed by atoms with E-state index in [-0.39, 0.29) is 12.7 Å². The number of benzene rings is 1. The van der Waals surface area contributed by atoms with Crippen LogP contribution >= 0.6 is 0 Å². The van der Waals surface area contributed by atoms with Gasteiger partial charge in [0, 0.05) is 13.5 Å². The molecular formula is C11H14O3. The van der Waals surface area contributed by atoms with Gasteiger partial charge in [0.2, 0.25) is 0 Å². The summed E-state index contributed by atoms with van der Waals surface area (Å²) in [5.41, 5.74) is 2.54. The summed E-state index contributed by atoms with van der Waals surface area (Å²) in [6, 6.07) is 5.96. The molecular weight excluding hydrogens is 180 g/mol. The molecule has 0 amide bonds. The van der Waals surface area contributed by atoms with Crippen molar-refractivity contribution in [2.24, 2.45) is 0 Å². The molecule has 1 aromatic rings. The molecule has 0 radical (unpaired) electrons. The molecule has 1 N–H and O–H groups in total. The first-order valence-corrected chi connectivity index (χ1v) is 4.74. The normalized spacial score (nSPS) is 18.6. The second-order valence-corrected chi connectivity index (χ2v) is 3.36. The summed E-state index contributed by atoms with van der Waals surface area (Å²) in [6.07, 6.45) is 1.22. The van der Waals surface area contributed by atoms with Gasteiger partial charge in [-0.15, -0.1) is 0 Å². The summed E-state index contributed by atoms with van der Waals surface area (Å²) in [6.45, 7) is 0.407. The topological polar surface area (TPSA) is 38.7 Å². The van der Waals surface area contributed by atoms with Crippen molar-refractivity contribution in [1.82, 2.24) is 0 Å². The highest BCUT2D eigenvalue weighted by molar-refractivity contribution is 5.43. The van der Waals surface area contributed by atoms with Crippen molar-refractivity contribution in [3.8, 4) is 5.75 Å². The third-order valence-corrected chi connectivity index (χ3v) is 2.51. The molecule has 1 unspecified atom stereocenters. The highest BCUT2D eigenvalue weighted by atomic mass is 16.5. The number of fused-ring (bicyclic) bond motifs is 1. The van der Waals surface area contributed by atoms with E-state index in [1.807, 2.05) is 18.2 Å². The maximum atomic E-state index is 8.60. The van der Waals surface area contributed by atoms with Crippen LogP contribution in [0, 0.1) is 0 Å². The van der Waals surface area contributed by atoms with E-state index in [1.54, 1.807) is 7.11 Å². The monoisotopic (exact) mass is 194 g/mol. The fraction of sp³-hybridized carbons (Fsp3) is 0.455. The van der Waals surface area contributed by atoms with Crippen molar-refractivity contribution in [2.45, 2.75) is 12.5 Å². The molecule has 14 heavy (non-hydrogen) atoms. The molecule has 3 nitrogen and oxygen atoms in total. The van der Waals surface area contributed by atoms with Crippen molar-refractivity contribution in [3.63, 3.8) is 0 Å². The molecule has 1 aliphatic carbocycles.